The molecule has 6 aromatic heterocycles. The lowest BCUT2D eigenvalue weighted by atomic mass is 10.00. The maximum atomic E-state index is 12.5. The number of pyridine rings is 4. The van der Waals surface area contributed by atoms with E-state index in [2.05, 4.69) is 46.2 Å². The van der Waals surface area contributed by atoms with E-state index in [1.165, 1.54) is 12.5 Å². The first-order valence-corrected chi connectivity index (χ1v) is 23.7. The molecule has 0 saturated carbocycles. The van der Waals surface area contributed by atoms with E-state index in [4.69, 9.17) is 19.4 Å². The molecule has 2 aliphatic rings. The molecular weight excluding hydrogens is 864 g/mol. The van der Waals surface area contributed by atoms with E-state index < -0.39 is 19.7 Å². The molecule has 2 saturated heterocycles. The number of rotatable bonds is 8. The summed E-state index contributed by atoms with van der Waals surface area (Å²) in [6, 6.07) is 25.5. The standard InChI is InChI=1S/2C22H21N5O3S.ClH/c1-31(28,29)16-4-2-15(3-5-16)18-14-20(27-10-12-30-13-11-27)25-21-17(18)6-8-23-22(21)19-7-9-24-26-19;1-31(28,29)19-5-3-2-4-15(19)17-14-20(27-10-12-30-13-11-27)25-21-16(17)6-8-23-22(21)18-7-9-24-26-18;/h2*2-9,14H,10-13H2,1H3,(H,24,26);1H. The number of benzene rings is 2. The Morgan fingerprint density at radius 1 is 0.571 bits per heavy atom. The maximum Gasteiger partial charge on any atom is 0.176 e. The summed E-state index contributed by atoms with van der Waals surface area (Å²) in [4.78, 5) is 23.9. The Morgan fingerprint density at radius 2 is 1.06 bits per heavy atom. The van der Waals surface area contributed by atoms with Crippen molar-refractivity contribution >= 4 is 65.5 Å². The monoisotopic (exact) mass is 906 g/mol. The van der Waals surface area contributed by atoms with Crippen LogP contribution in [0.5, 0.6) is 0 Å². The van der Waals surface area contributed by atoms with Gasteiger partial charge in [0.15, 0.2) is 19.7 Å². The van der Waals surface area contributed by atoms with Crippen molar-refractivity contribution in [3.8, 4) is 45.0 Å². The predicted molar refractivity (Wildman–Crippen MR) is 245 cm³/mol. The smallest absolute Gasteiger partial charge is 0.176 e. The molecule has 0 aliphatic carbocycles. The highest BCUT2D eigenvalue weighted by Gasteiger charge is 2.23. The zero-order valence-electron chi connectivity index (χ0n) is 34.3. The first-order valence-electron chi connectivity index (χ1n) is 19.9. The third kappa shape index (κ3) is 9.12. The molecule has 63 heavy (non-hydrogen) atoms. The highest BCUT2D eigenvalue weighted by atomic mass is 35.5. The van der Waals surface area contributed by atoms with Crippen molar-refractivity contribution < 1.29 is 26.3 Å². The van der Waals surface area contributed by atoms with Gasteiger partial charge in [-0.1, -0.05) is 30.3 Å². The zero-order chi connectivity index (χ0) is 42.8. The van der Waals surface area contributed by atoms with E-state index in [1.807, 2.05) is 54.6 Å². The second kappa shape index (κ2) is 18.2. The summed E-state index contributed by atoms with van der Waals surface area (Å²) < 4.78 is 59.8. The number of nitrogens with zero attached hydrogens (tertiary/aromatic N) is 8. The van der Waals surface area contributed by atoms with Gasteiger partial charge >= 0.3 is 0 Å². The number of sulfone groups is 2. The van der Waals surface area contributed by atoms with Gasteiger partial charge in [0.05, 0.1) is 36.2 Å². The number of fused-ring (bicyclic) bond motifs is 2. The summed E-state index contributed by atoms with van der Waals surface area (Å²) in [5.41, 5.74) is 7.49. The average Bonchev–Trinajstić information content (AvgIpc) is 4.05. The van der Waals surface area contributed by atoms with Crippen LogP contribution < -0.4 is 9.80 Å². The molecule has 2 aliphatic heterocycles. The van der Waals surface area contributed by atoms with Crippen LogP contribution >= 0.6 is 12.4 Å². The largest absolute Gasteiger partial charge is 0.378 e. The summed E-state index contributed by atoms with van der Waals surface area (Å²) in [6.07, 6.45) is 9.39. The molecule has 0 unspecified atom stereocenters. The third-order valence-corrected chi connectivity index (χ3v) is 13.0. The number of H-pyrrole nitrogens is 2. The Hall–Kier alpha value is -6.31. The Bertz CT molecular complexity index is 3110. The van der Waals surface area contributed by atoms with E-state index in [-0.39, 0.29) is 17.3 Å². The normalized spacial score (nSPS) is 14.6. The minimum absolute atomic E-state index is 0. The highest BCUT2D eigenvalue weighted by molar-refractivity contribution is 7.91. The van der Waals surface area contributed by atoms with Crippen LogP contribution in [0.3, 0.4) is 0 Å². The summed E-state index contributed by atoms with van der Waals surface area (Å²) >= 11 is 0. The Labute approximate surface area is 370 Å². The second-order valence-corrected chi connectivity index (χ2v) is 18.9. The molecule has 0 spiro atoms. The summed E-state index contributed by atoms with van der Waals surface area (Å²) in [5, 5.41) is 16.0. The van der Waals surface area contributed by atoms with E-state index in [0.29, 0.717) is 72.6 Å². The first kappa shape index (κ1) is 43.3. The van der Waals surface area contributed by atoms with E-state index >= 15 is 0 Å². The van der Waals surface area contributed by atoms with Gasteiger partial charge in [0.2, 0.25) is 0 Å². The lowest BCUT2D eigenvalue weighted by Gasteiger charge is -2.28. The molecule has 10 rings (SSSR count). The van der Waals surface area contributed by atoms with Gasteiger partial charge in [-0.2, -0.15) is 10.2 Å². The van der Waals surface area contributed by atoms with Crippen molar-refractivity contribution in [1.29, 1.82) is 0 Å². The van der Waals surface area contributed by atoms with Crippen LogP contribution in [0.15, 0.2) is 120 Å². The van der Waals surface area contributed by atoms with Gasteiger partial charge in [0.25, 0.3) is 0 Å². The van der Waals surface area contributed by atoms with Crippen LogP contribution in [-0.2, 0) is 29.1 Å². The first-order chi connectivity index (χ1) is 30.0. The lowest BCUT2D eigenvalue weighted by molar-refractivity contribution is 0.122. The minimum atomic E-state index is -3.43. The number of ether oxygens (including phenoxy) is 2. The molecule has 2 N–H and O–H groups in total. The van der Waals surface area contributed by atoms with Crippen molar-refractivity contribution in [2.24, 2.45) is 0 Å². The van der Waals surface area contributed by atoms with Crippen molar-refractivity contribution in [2.75, 3.05) is 74.9 Å². The molecular formula is C44H43ClN10O6S2. The second-order valence-electron chi connectivity index (χ2n) is 14.9. The average molecular weight is 907 g/mol. The summed E-state index contributed by atoms with van der Waals surface area (Å²) in [7, 11) is -6.69. The molecule has 8 heterocycles. The molecule has 0 bridgehead atoms. The Balaban J connectivity index is 0.000000170. The van der Waals surface area contributed by atoms with Crippen molar-refractivity contribution in [2.45, 2.75) is 9.79 Å². The number of hydrogen-bond donors (Lipinski definition) is 2. The van der Waals surface area contributed by atoms with Gasteiger partial charge in [0, 0.05) is 79.8 Å². The molecule has 0 radical (unpaired) electrons. The van der Waals surface area contributed by atoms with E-state index in [9.17, 15) is 16.8 Å². The molecule has 0 amide bonds. The molecule has 0 atom stereocenters. The molecule has 8 aromatic rings. The Morgan fingerprint density at radius 3 is 1.54 bits per heavy atom. The third-order valence-electron chi connectivity index (χ3n) is 10.8. The van der Waals surface area contributed by atoms with Crippen LogP contribution in [0.2, 0.25) is 0 Å². The van der Waals surface area contributed by atoms with Crippen LogP contribution in [0.25, 0.3) is 66.8 Å². The molecule has 16 nitrogen and oxygen atoms in total. The van der Waals surface area contributed by atoms with E-state index in [0.717, 1.165) is 63.4 Å². The van der Waals surface area contributed by atoms with Crippen LogP contribution in [-0.4, -0.2) is 122 Å². The van der Waals surface area contributed by atoms with Crippen LogP contribution in [0, 0.1) is 0 Å². The van der Waals surface area contributed by atoms with Crippen molar-refractivity contribution in [3.05, 3.63) is 110 Å². The number of halogens is 1. The van der Waals surface area contributed by atoms with Crippen molar-refractivity contribution in [3.63, 3.8) is 0 Å². The Kier molecular flexibility index (Phi) is 12.5. The predicted octanol–water partition coefficient (Wildman–Crippen LogP) is 6.28. The minimum Gasteiger partial charge on any atom is -0.378 e. The topological polar surface area (TPSA) is 202 Å². The van der Waals surface area contributed by atoms with Crippen LogP contribution in [0.1, 0.15) is 0 Å². The molecule has 2 aromatic carbocycles. The van der Waals surface area contributed by atoms with Gasteiger partial charge in [-0.05, 0) is 71.3 Å². The highest BCUT2D eigenvalue weighted by Crippen LogP contribution is 2.38. The fraction of sp³-hybridized carbons (Fsp3) is 0.227. The number of aromatic nitrogens is 8. The molecule has 19 heteroatoms. The number of morpholine rings is 2. The number of anilines is 2. The maximum absolute atomic E-state index is 12.5. The fourth-order valence-electron chi connectivity index (χ4n) is 7.70. The lowest BCUT2D eigenvalue weighted by Crippen LogP contribution is -2.36. The van der Waals surface area contributed by atoms with Crippen LogP contribution in [0.4, 0.5) is 11.6 Å². The van der Waals surface area contributed by atoms with Gasteiger partial charge in [-0.15, -0.1) is 12.4 Å². The van der Waals surface area contributed by atoms with Gasteiger partial charge in [-0.25, -0.2) is 26.8 Å². The van der Waals surface area contributed by atoms with Gasteiger partial charge in [0.1, 0.15) is 45.4 Å². The number of nitrogens with one attached hydrogen (secondary N) is 2. The molecule has 2 fully saturated rings. The number of aromatic amines is 2. The van der Waals surface area contributed by atoms with Crippen molar-refractivity contribution in [1.82, 2.24) is 40.3 Å². The zero-order valence-corrected chi connectivity index (χ0v) is 36.8. The fourth-order valence-corrected chi connectivity index (χ4v) is 9.23. The van der Waals surface area contributed by atoms with Gasteiger partial charge in [-0.3, -0.25) is 20.2 Å². The van der Waals surface area contributed by atoms with Gasteiger partial charge < -0.3 is 19.3 Å². The number of hydrogen-bond acceptors (Lipinski definition) is 14. The summed E-state index contributed by atoms with van der Waals surface area (Å²) in [6.45, 7) is 5.47. The quantitative estimate of drug-likeness (QED) is 0.173. The van der Waals surface area contributed by atoms with E-state index in [1.54, 1.807) is 49.1 Å². The SMILES string of the molecule is CS(=O)(=O)c1ccc(-c2cc(N3CCOCC3)nc3c(-c4cc[nH]n4)nccc23)cc1.CS(=O)(=O)c1ccccc1-c1cc(N2CCOCC2)nc2c(-c3cc[nH]n3)nccc12.Cl. The summed E-state index contributed by atoms with van der Waals surface area (Å²) in [5.74, 6) is 1.60. The molecule has 324 valence electrons.